The molecule has 0 aliphatic carbocycles. The van der Waals surface area contributed by atoms with Gasteiger partial charge in [0.2, 0.25) is 5.95 Å². The Kier molecular flexibility index (Phi) is 12.3. The highest BCUT2D eigenvalue weighted by molar-refractivity contribution is 6.34. The first-order valence-corrected chi connectivity index (χ1v) is 18.0. The van der Waals surface area contributed by atoms with Gasteiger partial charge < -0.3 is 20.1 Å². The number of benzene rings is 2. The van der Waals surface area contributed by atoms with Crippen LogP contribution in [0.3, 0.4) is 0 Å². The molecule has 0 bridgehead atoms. The SMILES string of the molecule is Cn1cc2c(CCCCCNC(=O)OC(C)(C)C)c(Nc3nc(=O)n(-c4cnccc4C(=O)OC(C)(C)C)c(=O)n3Cc3cc(F)c(F)c(F)c3)c(Cl)cc2n1. The third-order valence-corrected chi connectivity index (χ3v) is 8.41. The van der Waals surface area contributed by atoms with Gasteiger partial charge in [-0.2, -0.15) is 10.1 Å². The van der Waals surface area contributed by atoms with Crippen LogP contribution in [0.4, 0.5) is 29.6 Å². The summed E-state index contributed by atoms with van der Waals surface area (Å²) in [5.74, 6) is -5.95. The zero-order valence-electron chi connectivity index (χ0n) is 31.9. The molecule has 5 aromatic rings. The Morgan fingerprint density at radius 1 is 0.946 bits per heavy atom. The summed E-state index contributed by atoms with van der Waals surface area (Å²) >= 11 is 6.83. The average molecular weight is 799 g/mol. The van der Waals surface area contributed by atoms with Gasteiger partial charge >= 0.3 is 23.4 Å². The first-order valence-electron chi connectivity index (χ1n) is 17.7. The van der Waals surface area contributed by atoms with E-state index in [2.05, 4.69) is 25.7 Å². The lowest BCUT2D eigenvalue weighted by molar-refractivity contribution is 0.00690. The van der Waals surface area contributed by atoms with Gasteiger partial charge in [0.05, 0.1) is 40.2 Å². The number of fused-ring (bicyclic) bond motifs is 1. The number of hydrogen-bond acceptors (Lipinski definition) is 10. The van der Waals surface area contributed by atoms with Gasteiger partial charge in [-0.1, -0.05) is 18.0 Å². The molecule has 0 radical (unpaired) electrons. The number of alkyl carbamates (subject to hydrolysis) is 1. The van der Waals surface area contributed by atoms with Gasteiger partial charge in [-0.05, 0) is 96.2 Å². The number of esters is 1. The highest BCUT2D eigenvalue weighted by Crippen LogP contribution is 2.36. The normalized spacial score (nSPS) is 11.8. The first-order chi connectivity index (χ1) is 26.2. The van der Waals surface area contributed by atoms with Crippen LogP contribution < -0.4 is 22.0 Å². The summed E-state index contributed by atoms with van der Waals surface area (Å²) < 4.78 is 56.7. The smallest absolute Gasteiger partial charge is 0.407 e. The lowest BCUT2D eigenvalue weighted by atomic mass is 10.0. The van der Waals surface area contributed by atoms with Crippen molar-refractivity contribution in [3.8, 4) is 5.69 Å². The second-order valence-corrected chi connectivity index (χ2v) is 15.4. The molecule has 0 aliphatic heterocycles. The minimum Gasteiger partial charge on any atom is -0.456 e. The quantitative estimate of drug-likeness (QED) is 0.0786. The van der Waals surface area contributed by atoms with E-state index in [1.807, 2.05) is 0 Å². The predicted molar refractivity (Wildman–Crippen MR) is 203 cm³/mol. The number of ether oxygens (including phenoxy) is 2. The number of carbonyl (C=O) groups excluding carboxylic acids is 2. The van der Waals surface area contributed by atoms with Crippen LogP contribution in [0.5, 0.6) is 0 Å². The number of hydrogen-bond donors (Lipinski definition) is 2. The first kappa shape index (κ1) is 41.5. The molecule has 18 heteroatoms. The van der Waals surface area contributed by atoms with Crippen molar-refractivity contribution in [1.29, 1.82) is 0 Å². The van der Waals surface area contributed by atoms with Crippen LogP contribution in [0, 0.1) is 17.5 Å². The van der Waals surface area contributed by atoms with Gasteiger partial charge in [-0.15, -0.1) is 0 Å². The van der Waals surface area contributed by atoms with E-state index in [9.17, 15) is 32.3 Å². The third kappa shape index (κ3) is 9.93. The molecular weight excluding hydrogens is 757 g/mol. The van der Waals surface area contributed by atoms with Crippen molar-refractivity contribution in [2.24, 2.45) is 7.05 Å². The molecule has 0 unspecified atom stereocenters. The maximum Gasteiger partial charge on any atom is 0.407 e. The Balaban J connectivity index is 1.58. The van der Waals surface area contributed by atoms with Crippen LogP contribution in [0.1, 0.15) is 82.3 Å². The van der Waals surface area contributed by atoms with Crippen LogP contribution >= 0.6 is 11.6 Å². The number of rotatable bonds is 12. The van der Waals surface area contributed by atoms with Gasteiger partial charge in [0.15, 0.2) is 17.5 Å². The van der Waals surface area contributed by atoms with Crippen LogP contribution in [0.25, 0.3) is 16.6 Å². The molecule has 0 fully saturated rings. The molecule has 56 heavy (non-hydrogen) atoms. The predicted octanol–water partition coefficient (Wildman–Crippen LogP) is 6.73. The standard InChI is InChI=1S/C38H42ClF3N8O6/c1-37(2,3)55-32(51)23-12-14-43-18-29(23)50-34(52)46-33(49(36(50)54)19-21-15-26(40)30(42)27(41)16-21)45-31-22(24-20-48(7)47-28(24)17-25(31)39)11-9-8-10-13-44-35(53)56-38(4,5)6/h12,14-18,20H,8-11,13,19H2,1-7H3,(H,44,53)(H,45,46,52). The summed E-state index contributed by atoms with van der Waals surface area (Å²) in [6.45, 7) is 10.00. The topological polar surface area (TPSA) is 164 Å². The molecule has 14 nitrogen and oxygen atoms in total. The van der Waals surface area contributed by atoms with Crippen LogP contribution in [-0.4, -0.2) is 58.7 Å². The summed E-state index contributed by atoms with van der Waals surface area (Å²) in [6.07, 6.45) is 5.97. The molecule has 5 rings (SSSR count). The van der Waals surface area contributed by atoms with E-state index in [-0.39, 0.29) is 33.5 Å². The number of unbranched alkanes of at least 4 members (excludes halogenated alkanes) is 2. The van der Waals surface area contributed by atoms with Crippen molar-refractivity contribution in [3.63, 3.8) is 0 Å². The average Bonchev–Trinajstić information content (AvgIpc) is 3.45. The largest absolute Gasteiger partial charge is 0.456 e. The van der Waals surface area contributed by atoms with E-state index in [1.165, 1.54) is 12.3 Å². The number of halogens is 4. The highest BCUT2D eigenvalue weighted by atomic mass is 35.5. The Bertz CT molecular complexity index is 2390. The molecule has 0 atom stereocenters. The fourth-order valence-corrected chi connectivity index (χ4v) is 6.09. The van der Waals surface area contributed by atoms with Gasteiger partial charge in [0, 0.05) is 31.4 Å². The Labute approximate surface area is 324 Å². The number of aromatic nitrogens is 6. The Hall–Kier alpha value is -5.71. The van der Waals surface area contributed by atoms with Gasteiger partial charge in [0.1, 0.15) is 11.2 Å². The van der Waals surface area contributed by atoms with E-state index in [1.54, 1.807) is 65.5 Å². The summed E-state index contributed by atoms with van der Waals surface area (Å²) in [5, 5.41) is 11.1. The third-order valence-electron chi connectivity index (χ3n) is 8.11. The zero-order chi connectivity index (χ0) is 41.1. The summed E-state index contributed by atoms with van der Waals surface area (Å²) in [5.41, 5.74) is -2.95. The van der Waals surface area contributed by atoms with Crippen molar-refractivity contribution in [2.45, 2.75) is 85.0 Å². The Morgan fingerprint density at radius 3 is 2.29 bits per heavy atom. The van der Waals surface area contributed by atoms with Crippen molar-refractivity contribution in [1.82, 2.24) is 34.2 Å². The fourth-order valence-electron chi connectivity index (χ4n) is 5.82. The second-order valence-electron chi connectivity index (χ2n) is 15.0. The molecule has 3 aromatic heterocycles. The van der Waals surface area contributed by atoms with Crippen molar-refractivity contribution < 1.29 is 32.2 Å². The minimum atomic E-state index is -1.71. The number of amides is 1. The number of aryl methyl sites for hydroxylation is 2. The van der Waals surface area contributed by atoms with E-state index >= 15 is 0 Å². The Morgan fingerprint density at radius 2 is 1.62 bits per heavy atom. The van der Waals surface area contributed by atoms with Gasteiger partial charge in [-0.25, -0.2) is 36.9 Å². The lowest BCUT2D eigenvalue weighted by Crippen LogP contribution is -2.42. The van der Waals surface area contributed by atoms with Gasteiger partial charge in [0.25, 0.3) is 0 Å². The minimum absolute atomic E-state index is 0.154. The number of carbonyl (C=O) groups is 2. The molecule has 0 aliphatic rings. The summed E-state index contributed by atoms with van der Waals surface area (Å²) in [7, 11) is 1.73. The summed E-state index contributed by atoms with van der Waals surface area (Å²) in [4.78, 5) is 61.6. The number of anilines is 2. The molecule has 0 saturated carbocycles. The van der Waals surface area contributed by atoms with Crippen LogP contribution in [-0.2, 0) is 29.5 Å². The van der Waals surface area contributed by atoms with Gasteiger partial charge in [-0.3, -0.25) is 14.2 Å². The fraction of sp³-hybridized carbons (Fsp3) is 0.395. The molecule has 2 N–H and O–H groups in total. The molecule has 298 valence electrons. The molecular formula is C38H42ClF3N8O6. The van der Waals surface area contributed by atoms with Crippen molar-refractivity contribution in [3.05, 3.63) is 103 Å². The van der Waals surface area contributed by atoms with E-state index < -0.39 is 58.6 Å². The molecule has 0 spiro atoms. The van der Waals surface area contributed by atoms with E-state index in [4.69, 9.17) is 21.1 Å². The molecule has 1 amide bonds. The molecule has 3 heterocycles. The lowest BCUT2D eigenvalue weighted by Gasteiger charge is -2.21. The number of nitrogens with zero attached hydrogens (tertiary/aromatic N) is 6. The zero-order valence-corrected chi connectivity index (χ0v) is 32.7. The van der Waals surface area contributed by atoms with Crippen LogP contribution in [0.2, 0.25) is 5.02 Å². The van der Waals surface area contributed by atoms with E-state index in [0.717, 1.165) is 10.8 Å². The monoisotopic (exact) mass is 798 g/mol. The molecule has 2 aromatic carbocycles. The van der Waals surface area contributed by atoms with Crippen LogP contribution in [0.15, 0.2) is 52.4 Å². The number of nitrogens with one attached hydrogen (secondary N) is 2. The highest BCUT2D eigenvalue weighted by Gasteiger charge is 2.26. The maximum absolute atomic E-state index is 14.4. The van der Waals surface area contributed by atoms with Crippen molar-refractivity contribution >= 4 is 46.2 Å². The second kappa shape index (κ2) is 16.6. The van der Waals surface area contributed by atoms with Crippen molar-refractivity contribution in [2.75, 3.05) is 11.9 Å². The summed E-state index contributed by atoms with van der Waals surface area (Å²) in [6, 6.07) is 4.26. The maximum atomic E-state index is 14.4. The molecule has 0 saturated heterocycles. The van der Waals surface area contributed by atoms with E-state index in [0.29, 0.717) is 65.4 Å². The number of pyridine rings is 1.